The molecule has 0 bridgehead atoms. The van der Waals surface area contributed by atoms with E-state index in [1.165, 1.54) is 21.3 Å². The van der Waals surface area contributed by atoms with Gasteiger partial charge in [-0.2, -0.15) is 4.98 Å². The van der Waals surface area contributed by atoms with Crippen molar-refractivity contribution in [1.82, 2.24) is 15.0 Å². The predicted octanol–water partition coefficient (Wildman–Crippen LogP) is 3.74. The molecule has 8 nitrogen and oxygen atoms in total. The zero-order valence-corrected chi connectivity index (χ0v) is 17.1. The average Bonchev–Trinajstić information content (AvgIpc) is 3.47. The van der Waals surface area contributed by atoms with Gasteiger partial charge in [-0.15, -0.1) is 0 Å². The maximum absolute atomic E-state index is 13.3. The van der Waals surface area contributed by atoms with Crippen molar-refractivity contribution in [3.05, 3.63) is 53.9 Å². The lowest BCUT2D eigenvalue weighted by molar-refractivity contribution is 0.0709. The lowest BCUT2D eigenvalue weighted by Gasteiger charge is -2.23. The number of aromatic nitrogens is 2. The number of hydrogen-bond donors (Lipinski definition) is 0. The van der Waals surface area contributed by atoms with Crippen LogP contribution in [-0.4, -0.2) is 48.8 Å². The van der Waals surface area contributed by atoms with E-state index < -0.39 is 0 Å². The first kappa shape index (κ1) is 19.8. The molecular formula is C22H23N3O5. The molecule has 1 atom stereocenters. The van der Waals surface area contributed by atoms with Crippen molar-refractivity contribution < 1.29 is 23.5 Å². The molecule has 2 heterocycles. The van der Waals surface area contributed by atoms with Crippen molar-refractivity contribution in [2.45, 2.75) is 18.9 Å². The monoisotopic (exact) mass is 409 g/mol. The third-order valence-corrected chi connectivity index (χ3v) is 5.18. The zero-order valence-electron chi connectivity index (χ0n) is 17.1. The molecule has 8 heteroatoms. The number of amides is 1. The van der Waals surface area contributed by atoms with E-state index in [0.717, 1.165) is 18.4 Å². The van der Waals surface area contributed by atoms with Crippen molar-refractivity contribution in [2.24, 2.45) is 0 Å². The molecule has 1 fully saturated rings. The molecule has 156 valence electrons. The summed E-state index contributed by atoms with van der Waals surface area (Å²) in [6.45, 7) is 0.600. The fraction of sp³-hybridized carbons (Fsp3) is 0.318. The number of ether oxygens (including phenoxy) is 3. The fourth-order valence-electron chi connectivity index (χ4n) is 3.71. The van der Waals surface area contributed by atoms with Crippen LogP contribution in [0, 0.1) is 0 Å². The van der Waals surface area contributed by atoms with Gasteiger partial charge in [-0.3, -0.25) is 4.79 Å². The average molecular weight is 409 g/mol. The van der Waals surface area contributed by atoms with Crippen LogP contribution in [0.4, 0.5) is 0 Å². The summed E-state index contributed by atoms with van der Waals surface area (Å²) in [6.07, 6.45) is 1.61. The largest absolute Gasteiger partial charge is 0.493 e. The number of benzene rings is 2. The Balaban J connectivity index is 1.63. The summed E-state index contributed by atoms with van der Waals surface area (Å²) >= 11 is 0. The summed E-state index contributed by atoms with van der Waals surface area (Å²) in [4.78, 5) is 19.6. The van der Waals surface area contributed by atoms with E-state index >= 15 is 0 Å². The van der Waals surface area contributed by atoms with Crippen molar-refractivity contribution in [3.8, 4) is 28.6 Å². The highest BCUT2D eigenvalue weighted by Gasteiger charge is 2.35. The second-order valence-electron chi connectivity index (χ2n) is 6.89. The Morgan fingerprint density at radius 2 is 1.77 bits per heavy atom. The number of rotatable bonds is 6. The molecule has 0 N–H and O–H groups in total. The molecular weight excluding hydrogens is 386 g/mol. The molecule has 0 aliphatic carbocycles. The van der Waals surface area contributed by atoms with E-state index in [0.29, 0.717) is 41.1 Å². The first-order chi connectivity index (χ1) is 14.7. The van der Waals surface area contributed by atoms with Crippen LogP contribution < -0.4 is 14.2 Å². The van der Waals surface area contributed by atoms with E-state index in [-0.39, 0.29) is 11.9 Å². The Bertz CT molecular complexity index is 1010. The minimum Gasteiger partial charge on any atom is -0.493 e. The number of carbonyl (C=O) groups is 1. The Morgan fingerprint density at radius 1 is 1.07 bits per heavy atom. The SMILES string of the molecule is COc1cc(C(=O)N2CCCC2c2nc(-c3ccccc3)no2)cc(OC)c1OC. The van der Waals surface area contributed by atoms with Gasteiger partial charge in [-0.25, -0.2) is 0 Å². The molecule has 1 aliphatic heterocycles. The number of nitrogens with zero attached hydrogens (tertiary/aromatic N) is 3. The second kappa shape index (κ2) is 8.44. The van der Waals surface area contributed by atoms with Gasteiger partial charge in [0.1, 0.15) is 6.04 Å². The highest BCUT2D eigenvalue weighted by Crippen LogP contribution is 2.40. The van der Waals surface area contributed by atoms with Gasteiger partial charge in [0.05, 0.1) is 21.3 Å². The third-order valence-electron chi connectivity index (χ3n) is 5.18. The standard InChI is InChI=1S/C22H23N3O5/c1-27-17-12-15(13-18(28-2)19(17)29-3)22(26)25-11-7-10-16(25)21-23-20(24-30-21)14-8-5-4-6-9-14/h4-6,8-9,12-13,16H,7,10-11H2,1-3H3. The van der Waals surface area contributed by atoms with Crippen molar-refractivity contribution in [3.63, 3.8) is 0 Å². The smallest absolute Gasteiger partial charge is 0.254 e. The van der Waals surface area contributed by atoms with Crippen LogP contribution in [0.1, 0.15) is 35.1 Å². The van der Waals surface area contributed by atoms with Gasteiger partial charge in [0.25, 0.3) is 5.91 Å². The van der Waals surface area contributed by atoms with Crippen LogP contribution in [0.5, 0.6) is 17.2 Å². The Labute approximate surface area is 174 Å². The Hall–Kier alpha value is -3.55. The quantitative estimate of drug-likeness (QED) is 0.613. The lowest BCUT2D eigenvalue weighted by atomic mass is 10.1. The normalized spacial score (nSPS) is 15.8. The zero-order chi connectivity index (χ0) is 21.1. The maximum Gasteiger partial charge on any atom is 0.254 e. The van der Waals surface area contributed by atoms with Crippen LogP contribution in [0.15, 0.2) is 47.0 Å². The van der Waals surface area contributed by atoms with Crippen LogP contribution in [0.2, 0.25) is 0 Å². The van der Waals surface area contributed by atoms with E-state index in [4.69, 9.17) is 18.7 Å². The summed E-state index contributed by atoms with van der Waals surface area (Å²) in [5, 5.41) is 4.09. The van der Waals surface area contributed by atoms with E-state index in [2.05, 4.69) is 10.1 Å². The minimum absolute atomic E-state index is 0.156. The van der Waals surface area contributed by atoms with Gasteiger partial charge in [0.15, 0.2) is 11.5 Å². The highest BCUT2D eigenvalue weighted by atomic mass is 16.5. The summed E-state index contributed by atoms with van der Waals surface area (Å²) in [5.74, 6) is 2.10. The molecule has 2 aromatic carbocycles. The summed E-state index contributed by atoms with van der Waals surface area (Å²) < 4.78 is 21.6. The molecule has 3 aromatic rings. The van der Waals surface area contributed by atoms with Gasteiger partial charge in [-0.1, -0.05) is 35.5 Å². The number of likely N-dealkylation sites (tertiary alicyclic amines) is 1. The molecule has 0 saturated carbocycles. The molecule has 1 saturated heterocycles. The fourth-order valence-corrected chi connectivity index (χ4v) is 3.71. The van der Waals surface area contributed by atoms with Crippen LogP contribution in [-0.2, 0) is 0 Å². The molecule has 30 heavy (non-hydrogen) atoms. The van der Waals surface area contributed by atoms with Gasteiger partial charge in [-0.05, 0) is 25.0 Å². The topological polar surface area (TPSA) is 86.9 Å². The molecule has 1 aromatic heterocycles. The van der Waals surface area contributed by atoms with Crippen molar-refractivity contribution >= 4 is 5.91 Å². The molecule has 1 unspecified atom stereocenters. The van der Waals surface area contributed by atoms with E-state index in [1.807, 2.05) is 30.3 Å². The predicted molar refractivity (Wildman–Crippen MR) is 109 cm³/mol. The third kappa shape index (κ3) is 3.56. The number of methoxy groups -OCH3 is 3. The van der Waals surface area contributed by atoms with Crippen molar-refractivity contribution in [2.75, 3.05) is 27.9 Å². The van der Waals surface area contributed by atoms with Crippen molar-refractivity contribution in [1.29, 1.82) is 0 Å². The second-order valence-corrected chi connectivity index (χ2v) is 6.89. The highest BCUT2D eigenvalue weighted by molar-refractivity contribution is 5.96. The van der Waals surface area contributed by atoms with Gasteiger partial charge < -0.3 is 23.6 Å². The van der Waals surface area contributed by atoms with Crippen LogP contribution in [0.25, 0.3) is 11.4 Å². The lowest BCUT2D eigenvalue weighted by Crippen LogP contribution is -2.30. The first-order valence-corrected chi connectivity index (χ1v) is 9.66. The van der Waals surface area contributed by atoms with Gasteiger partial charge >= 0.3 is 0 Å². The van der Waals surface area contributed by atoms with E-state index in [9.17, 15) is 4.79 Å². The molecule has 0 radical (unpaired) electrons. The molecule has 1 amide bonds. The summed E-state index contributed by atoms with van der Waals surface area (Å²) in [5.41, 5.74) is 1.31. The summed E-state index contributed by atoms with van der Waals surface area (Å²) in [6, 6.07) is 12.6. The number of hydrogen-bond acceptors (Lipinski definition) is 7. The Kier molecular flexibility index (Phi) is 5.56. The van der Waals surface area contributed by atoms with Crippen LogP contribution in [0.3, 0.4) is 0 Å². The Morgan fingerprint density at radius 3 is 2.40 bits per heavy atom. The molecule has 4 rings (SSSR count). The number of carbonyl (C=O) groups excluding carboxylic acids is 1. The van der Waals surface area contributed by atoms with Gasteiger partial charge in [0, 0.05) is 17.7 Å². The molecule has 0 spiro atoms. The summed E-state index contributed by atoms with van der Waals surface area (Å²) in [7, 11) is 4.57. The van der Waals surface area contributed by atoms with Crippen LogP contribution >= 0.6 is 0 Å². The molecule has 1 aliphatic rings. The minimum atomic E-state index is -0.276. The van der Waals surface area contributed by atoms with Gasteiger partial charge in [0.2, 0.25) is 17.5 Å². The first-order valence-electron chi connectivity index (χ1n) is 9.66. The maximum atomic E-state index is 13.3. The van der Waals surface area contributed by atoms with E-state index in [1.54, 1.807) is 17.0 Å².